The van der Waals surface area contributed by atoms with Crippen molar-refractivity contribution in [2.45, 2.75) is 52.0 Å². The van der Waals surface area contributed by atoms with Crippen LogP contribution in [0, 0.1) is 12.8 Å². The minimum atomic E-state index is 0.709. The molecule has 1 aliphatic heterocycles. The van der Waals surface area contributed by atoms with Gasteiger partial charge in [-0.3, -0.25) is 0 Å². The highest BCUT2D eigenvalue weighted by Crippen LogP contribution is 2.28. The third-order valence-corrected chi connectivity index (χ3v) is 4.41. The zero-order valence-electron chi connectivity index (χ0n) is 12.7. The number of nitrogens with zero attached hydrogens (tertiary/aromatic N) is 3. The molecule has 2 fully saturated rings. The number of nitrogens with one attached hydrogen (secondary N) is 1. The second kappa shape index (κ2) is 6.08. The molecule has 4 nitrogen and oxygen atoms in total. The van der Waals surface area contributed by atoms with Crippen LogP contribution in [0.4, 0.5) is 5.82 Å². The Balaban J connectivity index is 1.55. The average molecular weight is 274 g/mol. The highest BCUT2D eigenvalue weighted by Gasteiger charge is 2.24. The van der Waals surface area contributed by atoms with E-state index in [1.165, 1.54) is 32.2 Å². The Bertz CT molecular complexity index is 448. The molecule has 3 rings (SSSR count). The molecular formula is C16H26N4. The Morgan fingerprint density at radius 1 is 1.20 bits per heavy atom. The monoisotopic (exact) mass is 274 g/mol. The smallest absolute Gasteiger partial charge is 0.132 e. The molecule has 1 aromatic rings. The number of rotatable bonds is 5. The van der Waals surface area contributed by atoms with Crippen LogP contribution < -0.4 is 10.2 Å². The van der Waals surface area contributed by atoms with Crippen LogP contribution >= 0.6 is 0 Å². The van der Waals surface area contributed by atoms with Crippen molar-refractivity contribution in [3.05, 3.63) is 17.6 Å². The van der Waals surface area contributed by atoms with Gasteiger partial charge in [-0.1, -0.05) is 6.92 Å². The maximum absolute atomic E-state index is 4.68. The SMILES string of the molecule is CCc1nc(C)cc(N2CCC(NCC3CC3)CC2)n1. The van der Waals surface area contributed by atoms with E-state index >= 15 is 0 Å². The van der Waals surface area contributed by atoms with E-state index in [0.717, 1.165) is 42.8 Å². The molecule has 0 bridgehead atoms. The van der Waals surface area contributed by atoms with E-state index in [1.54, 1.807) is 0 Å². The molecule has 0 aromatic carbocycles. The van der Waals surface area contributed by atoms with Gasteiger partial charge in [0.2, 0.25) is 0 Å². The van der Waals surface area contributed by atoms with Crippen LogP contribution in [0.2, 0.25) is 0 Å². The molecule has 2 heterocycles. The Labute approximate surface area is 122 Å². The average Bonchev–Trinajstić information content (AvgIpc) is 3.29. The first-order valence-corrected chi connectivity index (χ1v) is 8.07. The van der Waals surface area contributed by atoms with Crippen LogP contribution in [-0.2, 0) is 6.42 Å². The Morgan fingerprint density at radius 2 is 1.95 bits per heavy atom. The van der Waals surface area contributed by atoms with Gasteiger partial charge < -0.3 is 10.2 Å². The third-order valence-electron chi connectivity index (χ3n) is 4.41. The Hall–Kier alpha value is -1.16. The molecule has 110 valence electrons. The summed E-state index contributed by atoms with van der Waals surface area (Å²) < 4.78 is 0. The van der Waals surface area contributed by atoms with Crippen molar-refractivity contribution < 1.29 is 0 Å². The largest absolute Gasteiger partial charge is 0.356 e. The van der Waals surface area contributed by atoms with E-state index in [1.807, 2.05) is 0 Å². The van der Waals surface area contributed by atoms with Gasteiger partial charge in [-0.2, -0.15) is 0 Å². The van der Waals surface area contributed by atoms with E-state index in [9.17, 15) is 0 Å². The minimum absolute atomic E-state index is 0.709. The number of aromatic nitrogens is 2. The van der Waals surface area contributed by atoms with Gasteiger partial charge in [0.05, 0.1) is 0 Å². The summed E-state index contributed by atoms with van der Waals surface area (Å²) in [6.07, 6.45) is 6.25. The molecule has 0 radical (unpaired) electrons. The molecule has 1 saturated heterocycles. The maximum atomic E-state index is 4.68. The zero-order chi connectivity index (χ0) is 13.9. The standard InChI is InChI=1S/C16H26N4/c1-3-15-18-12(2)10-16(19-15)20-8-6-14(7-9-20)17-11-13-4-5-13/h10,13-14,17H,3-9,11H2,1-2H3. The highest BCUT2D eigenvalue weighted by molar-refractivity contribution is 5.40. The van der Waals surface area contributed by atoms with E-state index < -0.39 is 0 Å². The number of piperidine rings is 1. The van der Waals surface area contributed by atoms with Crippen molar-refractivity contribution in [2.75, 3.05) is 24.5 Å². The van der Waals surface area contributed by atoms with Crippen LogP contribution in [0.25, 0.3) is 0 Å². The molecule has 1 aliphatic carbocycles. The van der Waals surface area contributed by atoms with Crippen LogP contribution in [0.15, 0.2) is 6.07 Å². The predicted octanol–water partition coefficient (Wildman–Crippen LogP) is 2.32. The van der Waals surface area contributed by atoms with Crippen LogP contribution in [0.5, 0.6) is 0 Å². The van der Waals surface area contributed by atoms with Crippen molar-refractivity contribution in [3.8, 4) is 0 Å². The van der Waals surface area contributed by atoms with Crippen LogP contribution in [0.3, 0.4) is 0 Å². The van der Waals surface area contributed by atoms with Crippen molar-refractivity contribution in [1.82, 2.24) is 15.3 Å². The fraction of sp³-hybridized carbons (Fsp3) is 0.750. The lowest BCUT2D eigenvalue weighted by molar-refractivity contribution is 0.407. The molecule has 0 spiro atoms. The summed E-state index contributed by atoms with van der Waals surface area (Å²) in [5, 5.41) is 3.73. The van der Waals surface area contributed by atoms with Crippen LogP contribution in [0.1, 0.15) is 44.1 Å². The number of hydrogen-bond acceptors (Lipinski definition) is 4. The predicted molar refractivity (Wildman–Crippen MR) is 82.1 cm³/mol. The second-order valence-electron chi connectivity index (χ2n) is 6.25. The molecule has 0 atom stereocenters. The maximum Gasteiger partial charge on any atom is 0.132 e. The molecule has 1 saturated carbocycles. The number of hydrogen-bond donors (Lipinski definition) is 1. The van der Waals surface area contributed by atoms with Gasteiger partial charge in [-0.15, -0.1) is 0 Å². The zero-order valence-corrected chi connectivity index (χ0v) is 12.7. The van der Waals surface area contributed by atoms with Gasteiger partial charge in [0.1, 0.15) is 11.6 Å². The first-order chi connectivity index (χ1) is 9.74. The quantitative estimate of drug-likeness (QED) is 0.894. The van der Waals surface area contributed by atoms with Crippen molar-refractivity contribution in [2.24, 2.45) is 5.92 Å². The lowest BCUT2D eigenvalue weighted by atomic mass is 10.0. The second-order valence-corrected chi connectivity index (χ2v) is 6.25. The molecule has 1 N–H and O–H groups in total. The van der Waals surface area contributed by atoms with Gasteiger partial charge in [0.15, 0.2) is 0 Å². The summed E-state index contributed by atoms with van der Waals surface area (Å²) in [4.78, 5) is 11.6. The topological polar surface area (TPSA) is 41.1 Å². The normalized spacial score (nSPS) is 20.4. The summed E-state index contributed by atoms with van der Waals surface area (Å²) >= 11 is 0. The van der Waals surface area contributed by atoms with E-state index in [0.29, 0.717) is 6.04 Å². The molecule has 2 aliphatic rings. The third kappa shape index (κ3) is 3.48. The summed E-state index contributed by atoms with van der Waals surface area (Å²) in [6, 6.07) is 2.83. The number of anilines is 1. The lowest BCUT2D eigenvalue weighted by Crippen LogP contribution is -2.43. The summed E-state index contributed by atoms with van der Waals surface area (Å²) in [6.45, 7) is 7.64. The first-order valence-electron chi connectivity index (χ1n) is 8.07. The summed E-state index contributed by atoms with van der Waals surface area (Å²) in [5.74, 6) is 3.06. The fourth-order valence-electron chi connectivity index (χ4n) is 2.90. The van der Waals surface area contributed by atoms with Crippen molar-refractivity contribution in [3.63, 3.8) is 0 Å². The lowest BCUT2D eigenvalue weighted by Gasteiger charge is -2.33. The van der Waals surface area contributed by atoms with E-state index in [-0.39, 0.29) is 0 Å². The minimum Gasteiger partial charge on any atom is -0.356 e. The molecule has 20 heavy (non-hydrogen) atoms. The van der Waals surface area contributed by atoms with Gasteiger partial charge in [-0.05, 0) is 45.1 Å². The van der Waals surface area contributed by atoms with E-state index in [2.05, 4.69) is 40.1 Å². The fourth-order valence-corrected chi connectivity index (χ4v) is 2.90. The number of aryl methyl sites for hydroxylation is 2. The van der Waals surface area contributed by atoms with Gasteiger partial charge >= 0.3 is 0 Å². The molecule has 4 heteroatoms. The van der Waals surface area contributed by atoms with Crippen molar-refractivity contribution >= 4 is 5.82 Å². The Morgan fingerprint density at radius 3 is 2.60 bits per heavy atom. The molecular weight excluding hydrogens is 248 g/mol. The summed E-state index contributed by atoms with van der Waals surface area (Å²) in [7, 11) is 0. The highest BCUT2D eigenvalue weighted by atomic mass is 15.2. The van der Waals surface area contributed by atoms with Gasteiger partial charge in [0, 0.05) is 37.3 Å². The van der Waals surface area contributed by atoms with E-state index in [4.69, 9.17) is 0 Å². The molecule has 1 aromatic heterocycles. The van der Waals surface area contributed by atoms with Crippen molar-refractivity contribution in [1.29, 1.82) is 0 Å². The summed E-state index contributed by atoms with van der Waals surface area (Å²) in [5.41, 5.74) is 1.08. The molecule has 0 unspecified atom stereocenters. The molecule has 0 amide bonds. The van der Waals surface area contributed by atoms with Gasteiger partial charge in [0.25, 0.3) is 0 Å². The Kier molecular flexibility index (Phi) is 4.20. The first kappa shape index (κ1) is 13.8. The van der Waals surface area contributed by atoms with Gasteiger partial charge in [-0.25, -0.2) is 9.97 Å². The van der Waals surface area contributed by atoms with Crippen LogP contribution in [-0.4, -0.2) is 35.6 Å².